The molecule has 0 aliphatic carbocycles. The number of nitrogens with one attached hydrogen (secondary N) is 2. The SMILES string of the molecule is CC(=O)NC[C@H]1CN(c2ccc(-c3ccc(C(=O)NCc4nccs4)cc3)c(F)c2)C(=O)O1. The lowest BCUT2D eigenvalue weighted by atomic mass is 10.0. The third kappa shape index (κ3) is 5.35. The zero-order valence-electron chi connectivity index (χ0n) is 17.7. The molecule has 8 nitrogen and oxygen atoms in total. The van der Waals surface area contributed by atoms with E-state index in [9.17, 15) is 18.8 Å². The largest absolute Gasteiger partial charge is 0.442 e. The summed E-state index contributed by atoms with van der Waals surface area (Å²) in [5.74, 6) is -0.969. The Bertz CT molecular complexity index is 1170. The number of halogens is 1. The van der Waals surface area contributed by atoms with Gasteiger partial charge in [-0.3, -0.25) is 14.5 Å². The highest BCUT2D eigenvalue weighted by Gasteiger charge is 2.32. The Morgan fingerprint density at radius 2 is 2.00 bits per heavy atom. The maximum absolute atomic E-state index is 14.9. The number of aromatic nitrogens is 1. The molecule has 4 rings (SSSR count). The van der Waals surface area contributed by atoms with E-state index in [4.69, 9.17) is 4.74 Å². The second-order valence-corrected chi connectivity index (χ2v) is 8.38. The Kier molecular flexibility index (Phi) is 6.64. The molecule has 1 atom stereocenters. The average molecular weight is 469 g/mol. The minimum Gasteiger partial charge on any atom is -0.442 e. The number of hydrogen-bond donors (Lipinski definition) is 2. The fourth-order valence-electron chi connectivity index (χ4n) is 3.40. The van der Waals surface area contributed by atoms with Crippen LogP contribution in [0.2, 0.25) is 0 Å². The van der Waals surface area contributed by atoms with Crippen molar-refractivity contribution in [2.45, 2.75) is 19.6 Å². The second-order valence-electron chi connectivity index (χ2n) is 7.40. The van der Waals surface area contributed by atoms with Crippen molar-refractivity contribution in [2.75, 3.05) is 18.0 Å². The third-order valence-corrected chi connectivity index (χ3v) is 5.84. The van der Waals surface area contributed by atoms with Crippen LogP contribution >= 0.6 is 11.3 Å². The first-order chi connectivity index (χ1) is 15.9. The molecule has 0 spiro atoms. The van der Waals surface area contributed by atoms with Gasteiger partial charge in [0.2, 0.25) is 5.91 Å². The van der Waals surface area contributed by atoms with Crippen LogP contribution in [0.3, 0.4) is 0 Å². The predicted octanol–water partition coefficient (Wildman–Crippen LogP) is 3.34. The van der Waals surface area contributed by atoms with E-state index < -0.39 is 18.0 Å². The molecule has 2 N–H and O–H groups in total. The van der Waals surface area contributed by atoms with Gasteiger partial charge in [0, 0.05) is 29.6 Å². The Balaban J connectivity index is 1.42. The van der Waals surface area contributed by atoms with E-state index in [1.165, 1.54) is 29.2 Å². The fraction of sp³-hybridized carbons (Fsp3) is 0.217. The third-order valence-electron chi connectivity index (χ3n) is 5.06. The first-order valence-electron chi connectivity index (χ1n) is 10.2. The summed E-state index contributed by atoms with van der Waals surface area (Å²) in [7, 11) is 0. The van der Waals surface area contributed by atoms with Crippen LogP contribution in [0.1, 0.15) is 22.3 Å². The van der Waals surface area contributed by atoms with Gasteiger partial charge >= 0.3 is 6.09 Å². The number of anilines is 1. The zero-order valence-corrected chi connectivity index (χ0v) is 18.5. The van der Waals surface area contributed by atoms with Crippen LogP contribution in [0.15, 0.2) is 54.0 Å². The first-order valence-corrected chi connectivity index (χ1v) is 11.1. The molecule has 10 heteroatoms. The first kappa shape index (κ1) is 22.4. The average Bonchev–Trinajstić information content (AvgIpc) is 3.45. The van der Waals surface area contributed by atoms with Crippen molar-refractivity contribution in [3.05, 3.63) is 70.4 Å². The van der Waals surface area contributed by atoms with Crippen molar-refractivity contribution < 1.29 is 23.5 Å². The molecule has 1 saturated heterocycles. The van der Waals surface area contributed by atoms with E-state index in [0.717, 1.165) is 5.01 Å². The molecule has 170 valence electrons. The van der Waals surface area contributed by atoms with E-state index in [2.05, 4.69) is 15.6 Å². The lowest BCUT2D eigenvalue weighted by molar-refractivity contribution is -0.119. The van der Waals surface area contributed by atoms with Gasteiger partial charge in [-0.15, -0.1) is 11.3 Å². The molecule has 0 saturated carbocycles. The van der Waals surface area contributed by atoms with Gasteiger partial charge < -0.3 is 15.4 Å². The number of ether oxygens (including phenoxy) is 1. The molecule has 1 aliphatic heterocycles. The van der Waals surface area contributed by atoms with Crippen molar-refractivity contribution in [1.82, 2.24) is 15.6 Å². The van der Waals surface area contributed by atoms with Gasteiger partial charge in [0.25, 0.3) is 5.91 Å². The summed E-state index contributed by atoms with van der Waals surface area (Å²) in [5, 5.41) is 8.05. The van der Waals surface area contributed by atoms with Crippen molar-refractivity contribution in [2.24, 2.45) is 0 Å². The molecule has 0 radical (unpaired) electrons. The fourth-order valence-corrected chi connectivity index (χ4v) is 3.96. The van der Waals surface area contributed by atoms with Crippen LogP contribution in [0.5, 0.6) is 0 Å². The van der Waals surface area contributed by atoms with E-state index >= 15 is 0 Å². The summed E-state index contributed by atoms with van der Waals surface area (Å²) in [6, 6.07) is 11.1. The van der Waals surface area contributed by atoms with Gasteiger partial charge in [0.05, 0.1) is 25.3 Å². The summed E-state index contributed by atoms with van der Waals surface area (Å²) in [5.41, 5.74) is 1.76. The van der Waals surface area contributed by atoms with Crippen molar-refractivity contribution in [3.63, 3.8) is 0 Å². The summed E-state index contributed by atoms with van der Waals surface area (Å²) < 4.78 is 20.1. The molecular weight excluding hydrogens is 447 g/mol. The lowest BCUT2D eigenvalue weighted by Gasteiger charge is -2.14. The Morgan fingerprint density at radius 1 is 1.21 bits per heavy atom. The van der Waals surface area contributed by atoms with Crippen molar-refractivity contribution in [3.8, 4) is 11.1 Å². The van der Waals surface area contributed by atoms with E-state index in [1.807, 2.05) is 5.38 Å². The minimum atomic E-state index is -0.592. The number of thiazole rings is 1. The van der Waals surface area contributed by atoms with Crippen LogP contribution in [0.25, 0.3) is 11.1 Å². The van der Waals surface area contributed by atoms with E-state index in [-0.39, 0.29) is 24.9 Å². The number of carbonyl (C=O) groups is 3. The molecule has 3 amide bonds. The number of benzene rings is 2. The molecule has 0 unspecified atom stereocenters. The summed E-state index contributed by atoms with van der Waals surface area (Å²) in [6.45, 7) is 2.13. The number of carbonyl (C=O) groups excluding carboxylic acids is 3. The molecule has 1 aromatic heterocycles. The zero-order chi connectivity index (χ0) is 23.4. The minimum absolute atomic E-state index is 0.196. The molecule has 1 fully saturated rings. The Hall–Kier alpha value is -3.79. The quantitative estimate of drug-likeness (QED) is 0.554. The second kappa shape index (κ2) is 9.78. The number of hydrogen-bond acceptors (Lipinski definition) is 6. The lowest BCUT2D eigenvalue weighted by Crippen LogP contribution is -2.33. The maximum atomic E-state index is 14.9. The molecule has 0 bridgehead atoms. The van der Waals surface area contributed by atoms with Gasteiger partial charge in [-0.1, -0.05) is 12.1 Å². The van der Waals surface area contributed by atoms with Crippen LogP contribution in [0.4, 0.5) is 14.9 Å². The molecule has 3 aromatic rings. The highest BCUT2D eigenvalue weighted by atomic mass is 32.1. The smallest absolute Gasteiger partial charge is 0.414 e. The topological polar surface area (TPSA) is 101 Å². The monoisotopic (exact) mass is 468 g/mol. The van der Waals surface area contributed by atoms with Crippen LogP contribution < -0.4 is 15.5 Å². The normalized spacial score (nSPS) is 15.3. The number of cyclic esters (lactones) is 1. The van der Waals surface area contributed by atoms with Crippen molar-refractivity contribution in [1.29, 1.82) is 0 Å². The molecular formula is C23H21FN4O4S. The van der Waals surface area contributed by atoms with E-state index in [1.54, 1.807) is 42.6 Å². The number of amides is 3. The highest BCUT2D eigenvalue weighted by molar-refractivity contribution is 7.09. The Morgan fingerprint density at radius 3 is 2.67 bits per heavy atom. The van der Waals surface area contributed by atoms with Gasteiger partial charge in [-0.2, -0.15) is 0 Å². The van der Waals surface area contributed by atoms with Gasteiger partial charge in [-0.25, -0.2) is 14.2 Å². The summed E-state index contributed by atoms with van der Waals surface area (Å²) in [6.07, 6.45) is 0.585. The molecule has 2 heterocycles. The van der Waals surface area contributed by atoms with Gasteiger partial charge in [0.1, 0.15) is 16.9 Å². The van der Waals surface area contributed by atoms with E-state index in [0.29, 0.717) is 28.9 Å². The van der Waals surface area contributed by atoms with Crippen LogP contribution in [0, 0.1) is 5.82 Å². The van der Waals surface area contributed by atoms with Gasteiger partial charge in [-0.05, 0) is 35.9 Å². The number of nitrogens with zero attached hydrogens (tertiary/aromatic N) is 2. The maximum Gasteiger partial charge on any atom is 0.414 e. The van der Waals surface area contributed by atoms with Crippen LogP contribution in [-0.4, -0.2) is 42.1 Å². The molecule has 1 aliphatic rings. The Labute approximate surface area is 193 Å². The van der Waals surface area contributed by atoms with Crippen LogP contribution in [-0.2, 0) is 16.1 Å². The molecule has 33 heavy (non-hydrogen) atoms. The predicted molar refractivity (Wildman–Crippen MR) is 121 cm³/mol. The number of rotatable bonds is 7. The van der Waals surface area contributed by atoms with Crippen molar-refractivity contribution >= 4 is 34.9 Å². The molecule has 2 aromatic carbocycles. The standard InChI is InChI=1S/C23H21FN4O4S/c1-14(29)26-11-18-13-28(23(31)32-18)17-6-7-19(20(24)10-17)15-2-4-16(5-3-15)22(30)27-12-21-25-8-9-33-21/h2-10,18H,11-13H2,1H3,(H,26,29)(H,27,30)/t18-/m0/s1. The van der Waals surface area contributed by atoms with Gasteiger partial charge in [0.15, 0.2) is 0 Å². The summed E-state index contributed by atoms with van der Waals surface area (Å²) in [4.78, 5) is 41.0. The highest BCUT2D eigenvalue weighted by Crippen LogP contribution is 2.29. The summed E-state index contributed by atoms with van der Waals surface area (Å²) >= 11 is 1.46.